The molecule has 0 spiro atoms. The number of nitrogen functional groups attached to an aromatic ring is 1. The van der Waals surface area contributed by atoms with Crippen LogP contribution in [0.1, 0.15) is 15.2 Å². The van der Waals surface area contributed by atoms with Crippen molar-refractivity contribution in [2.24, 2.45) is 0 Å². The van der Waals surface area contributed by atoms with Crippen molar-refractivity contribution in [2.45, 2.75) is 6.92 Å². The first-order valence-corrected chi connectivity index (χ1v) is 6.55. The minimum absolute atomic E-state index is 0.0420. The lowest BCUT2D eigenvalue weighted by molar-refractivity contribution is -0.383. The molecule has 0 fully saturated rings. The van der Waals surface area contributed by atoms with Gasteiger partial charge in [0.25, 0.3) is 11.6 Å². The van der Waals surface area contributed by atoms with Crippen LogP contribution in [0, 0.1) is 17.0 Å². The third-order valence-electron chi connectivity index (χ3n) is 2.41. The van der Waals surface area contributed by atoms with E-state index in [0.717, 1.165) is 10.9 Å². The Balaban J connectivity index is 2.32. The molecule has 0 aliphatic heterocycles. The van der Waals surface area contributed by atoms with E-state index in [0.29, 0.717) is 5.13 Å². The zero-order valence-electron chi connectivity index (χ0n) is 10.2. The monoisotopic (exact) mass is 312 g/mol. The first-order chi connectivity index (χ1) is 9.38. The number of nitro groups is 1. The molecule has 1 aromatic heterocycles. The van der Waals surface area contributed by atoms with Gasteiger partial charge in [-0.25, -0.2) is 4.98 Å². The number of aromatic nitrogens is 1. The molecule has 0 radical (unpaired) electrons. The number of benzene rings is 1. The summed E-state index contributed by atoms with van der Waals surface area (Å²) in [5.74, 6) is -0.538. The van der Waals surface area contributed by atoms with Crippen LogP contribution in [0.15, 0.2) is 18.3 Å². The minimum atomic E-state index is -0.689. The summed E-state index contributed by atoms with van der Waals surface area (Å²) in [6.45, 7) is 1.85. The summed E-state index contributed by atoms with van der Waals surface area (Å²) in [6, 6.07) is 2.36. The molecule has 20 heavy (non-hydrogen) atoms. The van der Waals surface area contributed by atoms with Gasteiger partial charge in [0.05, 0.1) is 9.95 Å². The number of carbonyl (C=O) groups excluding carboxylic acids is 1. The number of nitrogens with two attached hydrogens (primary N) is 1. The molecule has 2 aromatic rings. The minimum Gasteiger partial charge on any atom is -0.392 e. The third-order valence-corrected chi connectivity index (χ3v) is 3.55. The molecule has 0 aliphatic rings. The largest absolute Gasteiger partial charge is 0.392 e. The second-order valence-electron chi connectivity index (χ2n) is 3.88. The van der Waals surface area contributed by atoms with Gasteiger partial charge in [-0.05, 0) is 13.0 Å². The van der Waals surface area contributed by atoms with Crippen molar-refractivity contribution in [3.8, 4) is 0 Å². The van der Waals surface area contributed by atoms with Crippen LogP contribution >= 0.6 is 22.9 Å². The lowest BCUT2D eigenvalue weighted by atomic mass is 10.1. The van der Waals surface area contributed by atoms with E-state index in [9.17, 15) is 14.9 Å². The topological polar surface area (TPSA) is 111 Å². The van der Waals surface area contributed by atoms with Crippen LogP contribution in [-0.2, 0) is 0 Å². The van der Waals surface area contributed by atoms with Crippen molar-refractivity contribution in [1.29, 1.82) is 0 Å². The number of nitrogens with zero attached hydrogens (tertiary/aromatic N) is 2. The predicted molar refractivity (Wildman–Crippen MR) is 77.3 cm³/mol. The predicted octanol–water partition coefficient (Wildman–Crippen LogP) is 2.85. The second kappa shape index (κ2) is 5.43. The highest BCUT2D eigenvalue weighted by atomic mass is 35.5. The normalized spacial score (nSPS) is 10.3. The van der Waals surface area contributed by atoms with Crippen LogP contribution in [0.4, 0.5) is 16.5 Å². The molecular formula is C11H9ClN4O3S. The third kappa shape index (κ3) is 2.86. The summed E-state index contributed by atoms with van der Waals surface area (Å²) >= 11 is 7.09. The summed E-state index contributed by atoms with van der Waals surface area (Å²) in [5, 5.41) is 13.7. The fourth-order valence-corrected chi connectivity index (χ4v) is 2.34. The van der Waals surface area contributed by atoms with Gasteiger partial charge in [-0.1, -0.05) is 11.6 Å². The molecular weight excluding hydrogens is 304 g/mol. The Morgan fingerprint density at radius 2 is 2.25 bits per heavy atom. The standard InChI is InChI=1S/C11H9ClN4O3S/c1-5-4-14-11(20-5)15-10(17)6-2-7(12)9(13)8(3-6)16(18)19/h2-4H,13H2,1H3,(H,14,15,17). The summed E-state index contributed by atoms with van der Waals surface area (Å²) in [6.07, 6.45) is 1.61. The van der Waals surface area contributed by atoms with E-state index in [1.54, 1.807) is 6.20 Å². The first-order valence-electron chi connectivity index (χ1n) is 5.35. The number of rotatable bonds is 3. The first kappa shape index (κ1) is 14.2. The number of aryl methyl sites for hydroxylation is 1. The summed E-state index contributed by atoms with van der Waals surface area (Å²) < 4.78 is 0. The van der Waals surface area contributed by atoms with Crippen LogP contribution in [0.3, 0.4) is 0 Å². The highest BCUT2D eigenvalue weighted by Crippen LogP contribution is 2.31. The van der Waals surface area contributed by atoms with Crippen LogP contribution < -0.4 is 11.1 Å². The number of amides is 1. The molecule has 0 saturated carbocycles. The van der Waals surface area contributed by atoms with Crippen molar-refractivity contribution in [2.75, 3.05) is 11.1 Å². The van der Waals surface area contributed by atoms with Crippen molar-refractivity contribution < 1.29 is 9.72 Å². The van der Waals surface area contributed by atoms with Gasteiger partial charge < -0.3 is 5.73 Å². The Morgan fingerprint density at radius 1 is 1.55 bits per heavy atom. The van der Waals surface area contributed by atoms with Crippen LogP contribution in [0.25, 0.3) is 0 Å². The van der Waals surface area contributed by atoms with Gasteiger partial charge in [0.15, 0.2) is 5.13 Å². The number of nitro benzene ring substituents is 1. The Hall–Kier alpha value is -2.19. The summed E-state index contributed by atoms with van der Waals surface area (Å²) in [7, 11) is 0. The molecule has 7 nitrogen and oxygen atoms in total. The number of thiazole rings is 1. The Bertz CT molecular complexity index is 701. The molecule has 9 heteroatoms. The van der Waals surface area contributed by atoms with Crippen molar-refractivity contribution in [1.82, 2.24) is 4.98 Å². The van der Waals surface area contributed by atoms with E-state index in [1.807, 2.05) is 6.92 Å². The lowest BCUT2D eigenvalue weighted by Gasteiger charge is -2.05. The van der Waals surface area contributed by atoms with Gasteiger partial charge in [0, 0.05) is 22.7 Å². The zero-order valence-corrected chi connectivity index (χ0v) is 11.8. The Morgan fingerprint density at radius 3 is 2.80 bits per heavy atom. The SMILES string of the molecule is Cc1cnc(NC(=O)c2cc(Cl)c(N)c([N+](=O)[O-])c2)s1. The average molecular weight is 313 g/mol. The van der Waals surface area contributed by atoms with Gasteiger partial charge in [0.1, 0.15) is 5.69 Å². The van der Waals surface area contributed by atoms with Gasteiger partial charge in [-0.3, -0.25) is 20.2 Å². The molecule has 104 valence electrons. The number of hydrogen-bond donors (Lipinski definition) is 2. The van der Waals surface area contributed by atoms with E-state index >= 15 is 0 Å². The molecule has 0 bridgehead atoms. The van der Waals surface area contributed by atoms with E-state index in [1.165, 1.54) is 17.4 Å². The van der Waals surface area contributed by atoms with E-state index in [2.05, 4.69) is 10.3 Å². The fourth-order valence-electron chi connectivity index (χ4n) is 1.47. The van der Waals surface area contributed by atoms with Gasteiger partial charge in [0.2, 0.25) is 0 Å². The van der Waals surface area contributed by atoms with E-state index < -0.39 is 16.5 Å². The van der Waals surface area contributed by atoms with Gasteiger partial charge in [-0.15, -0.1) is 11.3 Å². The van der Waals surface area contributed by atoms with E-state index in [4.69, 9.17) is 17.3 Å². The molecule has 1 aromatic carbocycles. The van der Waals surface area contributed by atoms with Crippen LogP contribution in [0.2, 0.25) is 5.02 Å². The van der Waals surface area contributed by atoms with Crippen LogP contribution in [0.5, 0.6) is 0 Å². The number of hydrogen-bond acceptors (Lipinski definition) is 6. The number of anilines is 2. The molecule has 0 unspecified atom stereocenters. The molecule has 1 amide bonds. The smallest absolute Gasteiger partial charge is 0.294 e. The molecule has 3 N–H and O–H groups in total. The molecule has 0 saturated heterocycles. The maximum atomic E-state index is 12.0. The number of nitrogens with one attached hydrogen (secondary N) is 1. The summed E-state index contributed by atoms with van der Waals surface area (Å²) in [5.41, 5.74) is 4.97. The fraction of sp³-hybridized carbons (Fsp3) is 0.0909. The molecule has 1 heterocycles. The lowest BCUT2D eigenvalue weighted by Crippen LogP contribution is -2.12. The Labute approximate surface area is 122 Å². The number of carbonyl (C=O) groups is 1. The van der Waals surface area contributed by atoms with Crippen molar-refractivity contribution in [3.05, 3.63) is 43.9 Å². The number of halogens is 1. The van der Waals surface area contributed by atoms with Crippen molar-refractivity contribution in [3.63, 3.8) is 0 Å². The van der Waals surface area contributed by atoms with E-state index in [-0.39, 0.29) is 16.3 Å². The summed E-state index contributed by atoms with van der Waals surface area (Å²) in [4.78, 5) is 27.0. The van der Waals surface area contributed by atoms with Gasteiger partial charge >= 0.3 is 0 Å². The van der Waals surface area contributed by atoms with Crippen LogP contribution in [-0.4, -0.2) is 15.8 Å². The maximum Gasteiger partial charge on any atom is 0.294 e. The maximum absolute atomic E-state index is 12.0. The molecule has 0 aliphatic carbocycles. The van der Waals surface area contributed by atoms with Crippen molar-refractivity contribution >= 4 is 45.4 Å². The molecule has 2 rings (SSSR count). The quantitative estimate of drug-likeness (QED) is 0.514. The second-order valence-corrected chi connectivity index (χ2v) is 5.52. The molecule has 0 atom stereocenters. The highest BCUT2D eigenvalue weighted by molar-refractivity contribution is 7.15. The zero-order chi connectivity index (χ0) is 14.9. The highest BCUT2D eigenvalue weighted by Gasteiger charge is 2.19. The van der Waals surface area contributed by atoms with Gasteiger partial charge in [-0.2, -0.15) is 0 Å². The Kier molecular flexibility index (Phi) is 3.86. The average Bonchev–Trinajstić information content (AvgIpc) is 2.77.